The van der Waals surface area contributed by atoms with Gasteiger partial charge in [0.25, 0.3) is 0 Å². The molecule has 0 aromatic heterocycles. The Morgan fingerprint density at radius 2 is 2.16 bits per heavy atom. The van der Waals surface area contributed by atoms with E-state index in [0.29, 0.717) is 18.9 Å². The Labute approximate surface area is 114 Å². The Morgan fingerprint density at radius 3 is 2.84 bits per heavy atom. The first-order valence-corrected chi connectivity index (χ1v) is 6.93. The Kier molecular flexibility index (Phi) is 4.80. The molecule has 0 unspecified atom stereocenters. The third-order valence-electron chi connectivity index (χ3n) is 3.54. The SMILES string of the molecule is CCOC1CC(NC(=O)CCc2ccccc2N)C1. The van der Waals surface area contributed by atoms with Crippen LogP contribution >= 0.6 is 0 Å². The molecule has 1 aromatic rings. The summed E-state index contributed by atoms with van der Waals surface area (Å²) in [5.41, 5.74) is 7.65. The molecule has 4 heteroatoms. The summed E-state index contributed by atoms with van der Waals surface area (Å²) in [5, 5.41) is 3.03. The second kappa shape index (κ2) is 6.57. The minimum absolute atomic E-state index is 0.100. The number of ether oxygens (including phenoxy) is 1. The second-order valence-electron chi connectivity index (χ2n) is 5.01. The van der Waals surface area contributed by atoms with Gasteiger partial charge < -0.3 is 15.8 Å². The molecular weight excluding hydrogens is 240 g/mol. The maximum Gasteiger partial charge on any atom is 0.220 e. The fourth-order valence-corrected chi connectivity index (χ4v) is 2.37. The van der Waals surface area contributed by atoms with Crippen molar-refractivity contribution < 1.29 is 9.53 Å². The molecule has 104 valence electrons. The lowest BCUT2D eigenvalue weighted by Crippen LogP contribution is -2.47. The fraction of sp³-hybridized carbons (Fsp3) is 0.533. The zero-order valence-corrected chi connectivity index (χ0v) is 11.4. The lowest BCUT2D eigenvalue weighted by atomic mass is 9.89. The molecule has 1 aliphatic carbocycles. The maximum absolute atomic E-state index is 11.8. The van der Waals surface area contributed by atoms with Gasteiger partial charge in [-0.25, -0.2) is 0 Å². The molecule has 0 atom stereocenters. The number of hydrogen-bond acceptors (Lipinski definition) is 3. The number of anilines is 1. The molecule has 0 radical (unpaired) electrons. The first kappa shape index (κ1) is 13.9. The van der Waals surface area contributed by atoms with Crippen LogP contribution in [0, 0.1) is 0 Å². The number of hydrogen-bond donors (Lipinski definition) is 2. The van der Waals surface area contributed by atoms with Gasteiger partial charge in [0.15, 0.2) is 0 Å². The summed E-state index contributed by atoms with van der Waals surface area (Å²) in [6.45, 7) is 2.74. The topological polar surface area (TPSA) is 64.3 Å². The molecule has 2 rings (SSSR count). The summed E-state index contributed by atoms with van der Waals surface area (Å²) in [7, 11) is 0. The highest BCUT2D eigenvalue weighted by molar-refractivity contribution is 5.76. The third-order valence-corrected chi connectivity index (χ3v) is 3.54. The highest BCUT2D eigenvalue weighted by Gasteiger charge is 2.30. The zero-order chi connectivity index (χ0) is 13.7. The lowest BCUT2D eigenvalue weighted by molar-refractivity contribution is -0.123. The summed E-state index contributed by atoms with van der Waals surface area (Å²) in [4.78, 5) is 11.8. The van der Waals surface area contributed by atoms with E-state index in [-0.39, 0.29) is 11.9 Å². The van der Waals surface area contributed by atoms with Crippen LogP contribution in [0.3, 0.4) is 0 Å². The van der Waals surface area contributed by atoms with Gasteiger partial charge in [0.05, 0.1) is 6.10 Å². The van der Waals surface area contributed by atoms with Crippen molar-refractivity contribution in [2.45, 2.75) is 44.8 Å². The van der Waals surface area contributed by atoms with E-state index < -0.39 is 0 Å². The van der Waals surface area contributed by atoms with Crippen molar-refractivity contribution in [2.75, 3.05) is 12.3 Å². The van der Waals surface area contributed by atoms with Crippen molar-refractivity contribution in [1.29, 1.82) is 0 Å². The molecule has 19 heavy (non-hydrogen) atoms. The molecule has 0 spiro atoms. The van der Waals surface area contributed by atoms with Gasteiger partial charge in [-0.15, -0.1) is 0 Å². The highest BCUT2D eigenvalue weighted by Crippen LogP contribution is 2.23. The van der Waals surface area contributed by atoms with Crippen LogP contribution in [0.4, 0.5) is 5.69 Å². The number of amides is 1. The second-order valence-corrected chi connectivity index (χ2v) is 5.01. The Hall–Kier alpha value is -1.55. The molecule has 0 heterocycles. The molecule has 0 aliphatic heterocycles. The van der Waals surface area contributed by atoms with Crippen LogP contribution < -0.4 is 11.1 Å². The Bertz CT molecular complexity index is 428. The monoisotopic (exact) mass is 262 g/mol. The van der Waals surface area contributed by atoms with Gasteiger partial charge >= 0.3 is 0 Å². The molecule has 0 bridgehead atoms. The van der Waals surface area contributed by atoms with Crippen molar-refractivity contribution in [3.05, 3.63) is 29.8 Å². The smallest absolute Gasteiger partial charge is 0.220 e. The molecule has 1 fully saturated rings. The first-order chi connectivity index (χ1) is 9.19. The maximum atomic E-state index is 11.8. The van der Waals surface area contributed by atoms with E-state index in [9.17, 15) is 4.79 Å². The van der Waals surface area contributed by atoms with Gasteiger partial charge in [-0.3, -0.25) is 4.79 Å². The number of aryl methyl sites for hydroxylation is 1. The van der Waals surface area contributed by atoms with E-state index in [1.165, 1.54) is 0 Å². The van der Waals surface area contributed by atoms with Crippen molar-refractivity contribution in [2.24, 2.45) is 0 Å². The van der Waals surface area contributed by atoms with Crippen LogP contribution in [0.15, 0.2) is 24.3 Å². The van der Waals surface area contributed by atoms with Gasteiger partial charge in [0.2, 0.25) is 5.91 Å². The third kappa shape index (κ3) is 3.96. The molecule has 1 amide bonds. The van der Waals surface area contributed by atoms with E-state index in [2.05, 4.69) is 5.32 Å². The van der Waals surface area contributed by atoms with Crippen LogP contribution in [0.1, 0.15) is 31.7 Å². The van der Waals surface area contributed by atoms with Crippen LogP contribution in [0.25, 0.3) is 0 Å². The van der Waals surface area contributed by atoms with Crippen molar-refractivity contribution >= 4 is 11.6 Å². The van der Waals surface area contributed by atoms with Gasteiger partial charge in [0, 0.05) is 24.8 Å². The average Bonchev–Trinajstić information content (AvgIpc) is 2.35. The van der Waals surface area contributed by atoms with Crippen molar-refractivity contribution in [3.8, 4) is 0 Å². The van der Waals surface area contributed by atoms with Crippen LogP contribution in [-0.2, 0) is 16.0 Å². The molecule has 4 nitrogen and oxygen atoms in total. The summed E-state index contributed by atoms with van der Waals surface area (Å²) in [6.07, 6.45) is 3.39. The fourth-order valence-electron chi connectivity index (χ4n) is 2.37. The first-order valence-electron chi connectivity index (χ1n) is 6.93. The number of nitrogen functional groups attached to an aromatic ring is 1. The number of para-hydroxylation sites is 1. The van der Waals surface area contributed by atoms with Gasteiger partial charge in [-0.1, -0.05) is 18.2 Å². The van der Waals surface area contributed by atoms with Gasteiger partial charge in [0.1, 0.15) is 0 Å². The van der Waals surface area contributed by atoms with Crippen LogP contribution in [-0.4, -0.2) is 24.7 Å². The predicted molar refractivity (Wildman–Crippen MR) is 75.8 cm³/mol. The van der Waals surface area contributed by atoms with E-state index in [1.807, 2.05) is 31.2 Å². The minimum Gasteiger partial charge on any atom is -0.399 e. The molecule has 1 aliphatic rings. The number of nitrogens with one attached hydrogen (secondary N) is 1. The molecule has 0 saturated heterocycles. The summed E-state index contributed by atoms with van der Waals surface area (Å²) in [6, 6.07) is 7.98. The molecule has 3 N–H and O–H groups in total. The van der Waals surface area contributed by atoms with E-state index >= 15 is 0 Å². The van der Waals surface area contributed by atoms with Crippen LogP contribution in [0.5, 0.6) is 0 Å². The number of nitrogens with two attached hydrogens (primary N) is 1. The highest BCUT2D eigenvalue weighted by atomic mass is 16.5. The number of carbonyl (C=O) groups is 1. The Balaban J connectivity index is 1.67. The zero-order valence-electron chi connectivity index (χ0n) is 11.4. The Morgan fingerprint density at radius 1 is 1.42 bits per heavy atom. The van der Waals surface area contributed by atoms with E-state index in [4.69, 9.17) is 10.5 Å². The molecule has 1 aromatic carbocycles. The number of rotatable bonds is 6. The lowest BCUT2D eigenvalue weighted by Gasteiger charge is -2.35. The molecule has 1 saturated carbocycles. The average molecular weight is 262 g/mol. The van der Waals surface area contributed by atoms with E-state index in [0.717, 1.165) is 30.7 Å². The van der Waals surface area contributed by atoms with Crippen molar-refractivity contribution in [1.82, 2.24) is 5.32 Å². The summed E-state index contributed by atoms with van der Waals surface area (Å²) < 4.78 is 5.47. The minimum atomic E-state index is 0.100. The standard InChI is InChI=1S/C15H22N2O2/c1-2-19-13-9-12(10-13)17-15(18)8-7-11-5-3-4-6-14(11)16/h3-6,12-13H,2,7-10,16H2,1H3,(H,17,18). The summed E-state index contributed by atoms with van der Waals surface area (Å²) >= 11 is 0. The normalized spacial score (nSPS) is 21.7. The van der Waals surface area contributed by atoms with Crippen molar-refractivity contribution in [3.63, 3.8) is 0 Å². The van der Waals surface area contributed by atoms with Crippen LogP contribution in [0.2, 0.25) is 0 Å². The largest absolute Gasteiger partial charge is 0.399 e. The van der Waals surface area contributed by atoms with Gasteiger partial charge in [-0.05, 0) is 37.8 Å². The number of carbonyl (C=O) groups excluding carboxylic acids is 1. The quantitative estimate of drug-likeness (QED) is 0.769. The number of benzene rings is 1. The molecular formula is C15H22N2O2. The van der Waals surface area contributed by atoms with E-state index in [1.54, 1.807) is 0 Å². The van der Waals surface area contributed by atoms with Gasteiger partial charge in [-0.2, -0.15) is 0 Å². The summed E-state index contributed by atoms with van der Waals surface area (Å²) in [5.74, 6) is 0.100. The predicted octanol–water partition coefficient (Wildman–Crippen LogP) is 1.89.